The molecule has 0 unspecified atom stereocenters. The molecule has 2 aromatic carbocycles. The molecule has 0 aliphatic heterocycles. The van der Waals surface area contributed by atoms with E-state index in [4.69, 9.17) is 11.6 Å². The van der Waals surface area contributed by atoms with Gasteiger partial charge in [0.25, 0.3) is 0 Å². The minimum atomic E-state index is 0.801. The van der Waals surface area contributed by atoms with Gasteiger partial charge in [-0.3, -0.25) is 0 Å². The van der Waals surface area contributed by atoms with Crippen molar-refractivity contribution < 1.29 is 0 Å². The molecule has 0 saturated carbocycles. The highest BCUT2D eigenvalue weighted by molar-refractivity contribution is 6.31. The van der Waals surface area contributed by atoms with Crippen LogP contribution in [-0.2, 0) is 6.42 Å². The van der Waals surface area contributed by atoms with Crippen LogP contribution in [0.2, 0.25) is 5.02 Å². The maximum absolute atomic E-state index is 6.07. The predicted molar refractivity (Wildman–Crippen MR) is 71.6 cm³/mol. The van der Waals surface area contributed by atoms with Crippen molar-refractivity contribution >= 4 is 22.5 Å². The van der Waals surface area contributed by atoms with Gasteiger partial charge in [0.2, 0.25) is 0 Å². The van der Waals surface area contributed by atoms with Crippen molar-refractivity contribution in [1.82, 2.24) is 4.98 Å². The third-order valence-electron chi connectivity index (χ3n) is 3.52. The van der Waals surface area contributed by atoms with Gasteiger partial charge in [-0.25, -0.2) is 0 Å². The molecular weight excluding hydrogens is 230 g/mol. The molecule has 0 bridgehead atoms. The lowest BCUT2D eigenvalue weighted by Gasteiger charge is -2.00. The van der Waals surface area contributed by atoms with E-state index in [9.17, 15) is 0 Å². The summed E-state index contributed by atoms with van der Waals surface area (Å²) in [5.74, 6) is 0. The Balaban J connectivity index is 2.09. The van der Waals surface area contributed by atoms with E-state index in [1.165, 1.54) is 33.3 Å². The number of aromatic nitrogens is 1. The van der Waals surface area contributed by atoms with Gasteiger partial charge in [0.1, 0.15) is 0 Å². The second-order valence-electron chi connectivity index (χ2n) is 4.50. The van der Waals surface area contributed by atoms with Crippen LogP contribution in [0.25, 0.3) is 22.2 Å². The Labute approximate surface area is 104 Å². The molecule has 2 heteroatoms. The monoisotopic (exact) mass is 239 g/mol. The number of hydrogen-bond donors (Lipinski definition) is 1. The minimum absolute atomic E-state index is 0.801. The zero-order valence-electron chi connectivity index (χ0n) is 9.13. The summed E-state index contributed by atoms with van der Waals surface area (Å²) in [6.07, 6.45) is 1.01. The fourth-order valence-electron chi connectivity index (χ4n) is 2.74. The third kappa shape index (κ3) is 1.20. The van der Waals surface area contributed by atoms with E-state index in [1.807, 2.05) is 6.07 Å². The molecule has 0 atom stereocenters. The Hall–Kier alpha value is -1.73. The molecule has 1 heterocycles. The normalized spacial score (nSPS) is 12.8. The molecule has 1 N–H and O–H groups in total. The summed E-state index contributed by atoms with van der Waals surface area (Å²) in [7, 11) is 0. The highest BCUT2D eigenvalue weighted by Gasteiger charge is 2.22. The zero-order chi connectivity index (χ0) is 11.4. The molecule has 3 aromatic rings. The first kappa shape index (κ1) is 9.32. The van der Waals surface area contributed by atoms with Gasteiger partial charge in [-0.2, -0.15) is 0 Å². The highest BCUT2D eigenvalue weighted by Crippen LogP contribution is 2.41. The van der Waals surface area contributed by atoms with Gasteiger partial charge in [0.05, 0.1) is 5.69 Å². The molecule has 0 saturated heterocycles. The number of benzene rings is 2. The minimum Gasteiger partial charge on any atom is -0.354 e. The van der Waals surface area contributed by atoms with Gasteiger partial charge in [0, 0.05) is 27.9 Å². The SMILES string of the molecule is Clc1ccc2c(c1)-c1[nH]c3ccccc3c1C2. The standard InChI is InChI=1S/C15H10ClN/c16-10-6-5-9-7-13-11-3-1-2-4-14(11)17-15(13)12(9)8-10/h1-6,8,17H,7H2. The molecule has 17 heavy (non-hydrogen) atoms. The first-order valence-electron chi connectivity index (χ1n) is 5.71. The van der Waals surface area contributed by atoms with E-state index < -0.39 is 0 Å². The van der Waals surface area contributed by atoms with Gasteiger partial charge in [0.15, 0.2) is 0 Å². The maximum atomic E-state index is 6.07. The van der Waals surface area contributed by atoms with Crippen LogP contribution in [0.3, 0.4) is 0 Å². The van der Waals surface area contributed by atoms with Crippen molar-refractivity contribution in [2.75, 3.05) is 0 Å². The fraction of sp³-hybridized carbons (Fsp3) is 0.0667. The van der Waals surface area contributed by atoms with Crippen LogP contribution in [0, 0.1) is 0 Å². The predicted octanol–water partition coefficient (Wildman–Crippen LogP) is 4.39. The van der Waals surface area contributed by atoms with Crippen molar-refractivity contribution in [3.8, 4) is 11.3 Å². The second kappa shape index (κ2) is 3.14. The highest BCUT2D eigenvalue weighted by atomic mass is 35.5. The van der Waals surface area contributed by atoms with Crippen LogP contribution in [0.15, 0.2) is 42.5 Å². The summed E-state index contributed by atoms with van der Waals surface area (Å²) in [6, 6.07) is 14.6. The Morgan fingerprint density at radius 1 is 1.06 bits per heavy atom. The van der Waals surface area contributed by atoms with Crippen molar-refractivity contribution in [1.29, 1.82) is 0 Å². The third-order valence-corrected chi connectivity index (χ3v) is 3.76. The summed E-state index contributed by atoms with van der Waals surface area (Å²) in [4.78, 5) is 3.50. The van der Waals surface area contributed by atoms with Gasteiger partial charge in [-0.05, 0) is 29.3 Å². The molecule has 1 nitrogen and oxygen atoms in total. The van der Waals surface area contributed by atoms with Gasteiger partial charge < -0.3 is 4.98 Å². The summed E-state index contributed by atoms with van der Waals surface area (Å²) < 4.78 is 0. The van der Waals surface area contributed by atoms with Gasteiger partial charge >= 0.3 is 0 Å². The quantitative estimate of drug-likeness (QED) is 0.468. The first-order chi connectivity index (χ1) is 8.33. The van der Waals surface area contributed by atoms with E-state index in [1.54, 1.807) is 0 Å². The molecule has 82 valence electrons. The zero-order valence-corrected chi connectivity index (χ0v) is 9.88. The van der Waals surface area contributed by atoms with Crippen LogP contribution >= 0.6 is 11.6 Å². The lowest BCUT2D eigenvalue weighted by molar-refractivity contribution is 1.29. The molecule has 4 rings (SSSR count). The van der Waals surface area contributed by atoms with Crippen molar-refractivity contribution in [3.63, 3.8) is 0 Å². The van der Waals surface area contributed by atoms with Crippen LogP contribution in [-0.4, -0.2) is 4.98 Å². The Morgan fingerprint density at radius 2 is 1.94 bits per heavy atom. The number of para-hydroxylation sites is 1. The van der Waals surface area contributed by atoms with Crippen LogP contribution in [0.5, 0.6) is 0 Å². The average molecular weight is 240 g/mol. The van der Waals surface area contributed by atoms with E-state index in [2.05, 4.69) is 41.4 Å². The molecule has 0 spiro atoms. The fourth-order valence-corrected chi connectivity index (χ4v) is 2.91. The number of hydrogen-bond acceptors (Lipinski definition) is 0. The number of aromatic amines is 1. The van der Waals surface area contributed by atoms with Crippen LogP contribution < -0.4 is 0 Å². The number of halogens is 1. The summed E-state index contributed by atoms with van der Waals surface area (Å²) in [6.45, 7) is 0. The van der Waals surface area contributed by atoms with Crippen molar-refractivity contribution in [2.45, 2.75) is 6.42 Å². The summed E-state index contributed by atoms with van der Waals surface area (Å²) in [5.41, 5.74) is 6.47. The molecule has 1 aliphatic rings. The molecule has 1 aromatic heterocycles. The van der Waals surface area contributed by atoms with Crippen LogP contribution in [0.1, 0.15) is 11.1 Å². The number of nitrogens with one attached hydrogen (secondary N) is 1. The molecule has 0 amide bonds. The topological polar surface area (TPSA) is 15.8 Å². The van der Waals surface area contributed by atoms with Crippen LogP contribution in [0.4, 0.5) is 0 Å². The van der Waals surface area contributed by atoms with Gasteiger partial charge in [-0.15, -0.1) is 0 Å². The van der Waals surface area contributed by atoms with E-state index in [0.717, 1.165) is 11.4 Å². The molecular formula is C15H10ClN. The average Bonchev–Trinajstić information content (AvgIpc) is 2.85. The van der Waals surface area contributed by atoms with Crippen molar-refractivity contribution in [2.24, 2.45) is 0 Å². The second-order valence-corrected chi connectivity index (χ2v) is 4.94. The Bertz CT molecular complexity index is 740. The molecule has 1 aliphatic carbocycles. The van der Waals surface area contributed by atoms with E-state index in [0.29, 0.717) is 0 Å². The first-order valence-corrected chi connectivity index (χ1v) is 6.09. The number of rotatable bonds is 0. The Kier molecular flexibility index (Phi) is 1.72. The lowest BCUT2D eigenvalue weighted by Crippen LogP contribution is -1.81. The van der Waals surface area contributed by atoms with E-state index in [-0.39, 0.29) is 0 Å². The molecule has 0 radical (unpaired) electrons. The Morgan fingerprint density at radius 3 is 2.88 bits per heavy atom. The number of fused-ring (bicyclic) bond motifs is 5. The van der Waals surface area contributed by atoms with E-state index >= 15 is 0 Å². The molecule has 0 fully saturated rings. The lowest BCUT2D eigenvalue weighted by atomic mass is 10.1. The summed E-state index contributed by atoms with van der Waals surface area (Å²) >= 11 is 6.07. The smallest absolute Gasteiger partial charge is 0.0504 e. The maximum Gasteiger partial charge on any atom is 0.0504 e. The largest absolute Gasteiger partial charge is 0.354 e. The summed E-state index contributed by atoms with van der Waals surface area (Å²) in [5, 5.41) is 2.13. The van der Waals surface area contributed by atoms with Crippen molar-refractivity contribution in [3.05, 3.63) is 58.6 Å². The number of H-pyrrole nitrogens is 1. The van der Waals surface area contributed by atoms with Gasteiger partial charge in [-0.1, -0.05) is 35.9 Å².